The number of hydrogen-bond donors (Lipinski definition) is 0. The fraction of sp³-hybridized carbons (Fsp3) is 0.500. The molecule has 6 heteroatoms. The van der Waals surface area contributed by atoms with Crippen molar-refractivity contribution in [1.29, 1.82) is 0 Å². The predicted molar refractivity (Wildman–Crippen MR) is 52.2 cm³/mol. The summed E-state index contributed by atoms with van der Waals surface area (Å²) in [5.41, 5.74) is 0.216. The zero-order valence-electron chi connectivity index (χ0n) is 7.90. The summed E-state index contributed by atoms with van der Waals surface area (Å²) in [7, 11) is 0. The van der Waals surface area contributed by atoms with Crippen molar-refractivity contribution >= 4 is 17.3 Å². The van der Waals surface area contributed by atoms with Crippen LogP contribution in [0, 0.1) is 16.0 Å². The third kappa shape index (κ3) is 2.38. The minimum atomic E-state index is -0.542. The molecule has 14 heavy (non-hydrogen) atoms. The van der Waals surface area contributed by atoms with Gasteiger partial charge in [-0.25, -0.2) is 9.97 Å². The molecule has 0 radical (unpaired) electrons. The number of rotatable bonds is 3. The maximum atomic E-state index is 10.7. The fourth-order valence-electron chi connectivity index (χ4n) is 1.11. The summed E-state index contributed by atoms with van der Waals surface area (Å²) in [5, 5.41) is 10.6. The van der Waals surface area contributed by atoms with E-state index in [2.05, 4.69) is 9.97 Å². The van der Waals surface area contributed by atoms with Crippen molar-refractivity contribution in [3.8, 4) is 0 Å². The lowest BCUT2D eigenvalue weighted by Gasteiger charge is -2.04. The van der Waals surface area contributed by atoms with E-state index < -0.39 is 4.92 Å². The first-order valence-electron chi connectivity index (χ1n) is 4.16. The Balaban J connectivity index is 3.14. The Kier molecular flexibility index (Phi) is 3.35. The number of nitro groups is 1. The molecule has 0 spiro atoms. The molecule has 0 saturated heterocycles. The highest BCUT2D eigenvalue weighted by molar-refractivity contribution is 6.31. The van der Waals surface area contributed by atoms with E-state index in [9.17, 15) is 10.1 Å². The second kappa shape index (κ2) is 4.32. The number of halogens is 1. The molecule has 0 aliphatic carbocycles. The SMILES string of the molecule is CC(C)Cc1ncnc(Cl)c1[N+](=O)[O-]. The van der Waals surface area contributed by atoms with Crippen LogP contribution in [-0.2, 0) is 6.42 Å². The lowest BCUT2D eigenvalue weighted by molar-refractivity contribution is -0.386. The van der Waals surface area contributed by atoms with Gasteiger partial charge in [-0.3, -0.25) is 10.1 Å². The normalized spacial score (nSPS) is 10.6. The van der Waals surface area contributed by atoms with E-state index in [0.29, 0.717) is 18.0 Å². The highest BCUT2D eigenvalue weighted by Gasteiger charge is 2.21. The van der Waals surface area contributed by atoms with Crippen molar-refractivity contribution < 1.29 is 4.92 Å². The third-order valence-electron chi connectivity index (χ3n) is 1.64. The monoisotopic (exact) mass is 215 g/mol. The van der Waals surface area contributed by atoms with Gasteiger partial charge in [-0.15, -0.1) is 0 Å². The minimum Gasteiger partial charge on any atom is -0.258 e. The molecular formula is C8H10ClN3O2. The molecule has 0 unspecified atom stereocenters. The Morgan fingerprint density at radius 2 is 2.21 bits per heavy atom. The van der Waals surface area contributed by atoms with Gasteiger partial charge < -0.3 is 0 Å². The molecule has 1 aromatic rings. The van der Waals surface area contributed by atoms with Crippen LogP contribution in [0.2, 0.25) is 5.15 Å². The van der Waals surface area contributed by atoms with Gasteiger partial charge in [0, 0.05) is 0 Å². The van der Waals surface area contributed by atoms with Gasteiger partial charge in [-0.2, -0.15) is 0 Å². The Labute approximate surface area is 86.3 Å². The molecule has 1 heterocycles. The molecule has 0 saturated carbocycles. The van der Waals surface area contributed by atoms with Gasteiger partial charge >= 0.3 is 5.69 Å². The maximum Gasteiger partial charge on any atom is 0.327 e. The number of hydrogen-bond acceptors (Lipinski definition) is 4. The van der Waals surface area contributed by atoms with Crippen LogP contribution in [0.5, 0.6) is 0 Å². The molecule has 5 nitrogen and oxygen atoms in total. The van der Waals surface area contributed by atoms with E-state index >= 15 is 0 Å². The van der Waals surface area contributed by atoms with Crippen LogP contribution in [0.3, 0.4) is 0 Å². The van der Waals surface area contributed by atoms with E-state index in [1.807, 2.05) is 13.8 Å². The van der Waals surface area contributed by atoms with Crippen LogP contribution >= 0.6 is 11.6 Å². The van der Waals surface area contributed by atoms with Crippen LogP contribution < -0.4 is 0 Å². The van der Waals surface area contributed by atoms with Crippen molar-refractivity contribution in [2.45, 2.75) is 20.3 Å². The van der Waals surface area contributed by atoms with Crippen LogP contribution in [0.1, 0.15) is 19.5 Å². The van der Waals surface area contributed by atoms with E-state index in [0.717, 1.165) is 0 Å². The van der Waals surface area contributed by atoms with Gasteiger partial charge in [-0.05, 0) is 12.3 Å². The molecule has 0 N–H and O–H groups in total. The van der Waals surface area contributed by atoms with Crippen molar-refractivity contribution in [2.24, 2.45) is 5.92 Å². The van der Waals surface area contributed by atoms with Gasteiger partial charge in [0.15, 0.2) is 0 Å². The Hall–Kier alpha value is -1.23. The van der Waals surface area contributed by atoms with Crippen molar-refractivity contribution in [3.05, 3.63) is 27.3 Å². The average molecular weight is 216 g/mol. The lowest BCUT2D eigenvalue weighted by Crippen LogP contribution is -2.04. The van der Waals surface area contributed by atoms with Crippen molar-refractivity contribution in [3.63, 3.8) is 0 Å². The van der Waals surface area contributed by atoms with E-state index in [1.165, 1.54) is 6.33 Å². The number of aromatic nitrogens is 2. The highest BCUT2D eigenvalue weighted by Crippen LogP contribution is 2.25. The molecule has 76 valence electrons. The zero-order chi connectivity index (χ0) is 10.7. The average Bonchev–Trinajstić information content (AvgIpc) is 2.01. The first kappa shape index (κ1) is 10.8. The highest BCUT2D eigenvalue weighted by atomic mass is 35.5. The Morgan fingerprint density at radius 1 is 1.57 bits per heavy atom. The van der Waals surface area contributed by atoms with Crippen molar-refractivity contribution in [1.82, 2.24) is 9.97 Å². The quantitative estimate of drug-likeness (QED) is 0.441. The first-order valence-corrected chi connectivity index (χ1v) is 4.54. The Bertz CT molecular complexity index is 354. The van der Waals surface area contributed by atoms with Crippen LogP contribution in [0.15, 0.2) is 6.33 Å². The number of nitrogens with zero attached hydrogens (tertiary/aromatic N) is 3. The lowest BCUT2D eigenvalue weighted by atomic mass is 10.1. The molecular weight excluding hydrogens is 206 g/mol. The molecule has 0 amide bonds. The van der Waals surface area contributed by atoms with Crippen LogP contribution in [-0.4, -0.2) is 14.9 Å². The first-order chi connectivity index (χ1) is 6.52. The molecule has 1 aromatic heterocycles. The van der Waals surface area contributed by atoms with Gasteiger partial charge in [0.05, 0.1) is 4.92 Å². The van der Waals surface area contributed by atoms with Crippen LogP contribution in [0.4, 0.5) is 5.69 Å². The topological polar surface area (TPSA) is 68.9 Å². The third-order valence-corrected chi connectivity index (χ3v) is 1.91. The van der Waals surface area contributed by atoms with Gasteiger partial charge in [0.1, 0.15) is 12.0 Å². The Morgan fingerprint density at radius 3 is 2.71 bits per heavy atom. The molecule has 0 aromatic carbocycles. The molecule has 1 rings (SSSR count). The van der Waals surface area contributed by atoms with Gasteiger partial charge in [-0.1, -0.05) is 25.4 Å². The zero-order valence-corrected chi connectivity index (χ0v) is 8.65. The predicted octanol–water partition coefficient (Wildman–Crippen LogP) is 2.24. The van der Waals surface area contributed by atoms with E-state index in [4.69, 9.17) is 11.6 Å². The summed E-state index contributed by atoms with van der Waals surface area (Å²) in [5.74, 6) is 0.291. The van der Waals surface area contributed by atoms with Gasteiger partial charge in [0.2, 0.25) is 5.15 Å². The van der Waals surface area contributed by atoms with Crippen molar-refractivity contribution in [2.75, 3.05) is 0 Å². The van der Waals surface area contributed by atoms with E-state index in [1.54, 1.807) is 0 Å². The standard InChI is InChI=1S/C8H10ClN3O2/c1-5(2)3-6-7(12(13)14)8(9)11-4-10-6/h4-5H,3H2,1-2H3. The van der Waals surface area contributed by atoms with Gasteiger partial charge in [0.25, 0.3) is 0 Å². The minimum absolute atomic E-state index is 0.0966. The second-order valence-electron chi connectivity index (χ2n) is 3.31. The largest absolute Gasteiger partial charge is 0.327 e. The summed E-state index contributed by atoms with van der Waals surface area (Å²) in [4.78, 5) is 17.6. The molecule has 0 aliphatic heterocycles. The summed E-state index contributed by atoms with van der Waals surface area (Å²) in [6.07, 6.45) is 1.77. The summed E-state index contributed by atoms with van der Waals surface area (Å²) >= 11 is 5.62. The van der Waals surface area contributed by atoms with E-state index in [-0.39, 0.29) is 10.8 Å². The molecule has 0 atom stereocenters. The smallest absolute Gasteiger partial charge is 0.258 e. The maximum absolute atomic E-state index is 10.7. The molecule has 0 bridgehead atoms. The molecule has 0 fully saturated rings. The second-order valence-corrected chi connectivity index (χ2v) is 3.67. The fourth-order valence-corrected chi connectivity index (χ4v) is 1.33. The summed E-state index contributed by atoms with van der Waals surface area (Å²) < 4.78 is 0. The molecule has 0 aliphatic rings. The summed E-state index contributed by atoms with van der Waals surface area (Å²) in [6.45, 7) is 3.92. The summed E-state index contributed by atoms with van der Waals surface area (Å²) in [6, 6.07) is 0. The van der Waals surface area contributed by atoms with Crippen LogP contribution in [0.25, 0.3) is 0 Å².